The molecule has 0 aliphatic carbocycles. The van der Waals surface area contributed by atoms with Gasteiger partial charge in [0.2, 0.25) is 0 Å². The number of alkyl halides is 3. The molecule has 12 heteroatoms. The third-order valence-electron chi connectivity index (χ3n) is 4.36. The van der Waals surface area contributed by atoms with E-state index in [4.69, 9.17) is 4.74 Å². The summed E-state index contributed by atoms with van der Waals surface area (Å²) in [7, 11) is -5.25. The van der Waals surface area contributed by atoms with Crippen molar-refractivity contribution in [3.05, 3.63) is 24.5 Å². The van der Waals surface area contributed by atoms with Crippen LogP contribution in [0.1, 0.15) is 19.8 Å². The van der Waals surface area contributed by atoms with E-state index in [0.29, 0.717) is 55.1 Å². The van der Waals surface area contributed by atoms with Crippen LogP contribution in [0, 0.1) is 5.92 Å². The molecule has 1 saturated heterocycles. The summed E-state index contributed by atoms with van der Waals surface area (Å²) < 4.78 is 66.8. The van der Waals surface area contributed by atoms with Crippen LogP contribution in [-0.2, 0) is 10.0 Å². The van der Waals surface area contributed by atoms with Gasteiger partial charge in [-0.1, -0.05) is 0 Å². The summed E-state index contributed by atoms with van der Waals surface area (Å²) in [5.41, 5.74) is -5.25. The lowest BCUT2D eigenvalue weighted by Gasteiger charge is -2.30. The van der Waals surface area contributed by atoms with Crippen molar-refractivity contribution in [3.8, 4) is 5.75 Å². The third-order valence-corrected chi connectivity index (χ3v) is 5.99. The van der Waals surface area contributed by atoms with E-state index in [1.165, 1.54) is 0 Å². The fourth-order valence-corrected chi connectivity index (χ4v) is 3.80. The summed E-state index contributed by atoms with van der Waals surface area (Å²) in [6, 6.07) is 3.58. The van der Waals surface area contributed by atoms with E-state index in [-0.39, 0.29) is 19.0 Å². The first-order valence-corrected chi connectivity index (χ1v) is 10.8. The van der Waals surface area contributed by atoms with Crippen LogP contribution in [0.5, 0.6) is 5.75 Å². The van der Waals surface area contributed by atoms with Crippen LogP contribution in [0.4, 0.5) is 13.2 Å². The number of rotatable bonds is 8. The molecule has 8 nitrogen and oxygen atoms in total. The van der Waals surface area contributed by atoms with Gasteiger partial charge < -0.3 is 15.4 Å². The Labute approximate surface area is 168 Å². The molecular formula is C17H26F3N5O3S. The van der Waals surface area contributed by atoms with Gasteiger partial charge in [-0.15, -0.1) is 0 Å². The highest BCUT2D eigenvalue weighted by molar-refractivity contribution is 7.90. The van der Waals surface area contributed by atoms with Crippen molar-refractivity contribution in [1.82, 2.24) is 19.9 Å². The van der Waals surface area contributed by atoms with Gasteiger partial charge in [0.05, 0.1) is 12.7 Å². The molecule has 0 aromatic carbocycles. The second-order valence-electron chi connectivity index (χ2n) is 6.48. The van der Waals surface area contributed by atoms with Gasteiger partial charge in [0.15, 0.2) is 5.96 Å². The monoisotopic (exact) mass is 437 g/mol. The minimum absolute atomic E-state index is 0.0248. The van der Waals surface area contributed by atoms with Gasteiger partial charge in [0, 0.05) is 32.4 Å². The van der Waals surface area contributed by atoms with Crippen LogP contribution in [0.15, 0.2) is 29.5 Å². The number of pyridine rings is 1. The van der Waals surface area contributed by atoms with Gasteiger partial charge in [-0.2, -0.15) is 17.5 Å². The van der Waals surface area contributed by atoms with E-state index in [9.17, 15) is 21.6 Å². The smallest absolute Gasteiger partial charge is 0.490 e. The van der Waals surface area contributed by atoms with Crippen LogP contribution in [0.3, 0.4) is 0 Å². The standard InChI is InChI=1S/C17H26F3N5O3S/c1-2-22-16(23-8-11-28-15-4-3-7-21-13-15)24-12-14-5-9-25(10-6-14)29(26,27)17(18,19)20/h3-4,7,13-14H,2,5-6,8-12H2,1H3,(H2,22,23,24). The molecule has 0 bridgehead atoms. The molecule has 1 fully saturated rings. The first-order chi connectivity index (χ1) is 13.7. The Morgan fingerprint density at radius 1 is 1.34 bits per heavy atom. The van der Waals surface area contributed by atoms with E-state index in [1.807, 2.05) is 6.92 Å². The van der Waals surface area contributed by atoms with Gasteiger partial charge in [0.1, 0.15) is 12.4 Å². The molecule has 0 radical (unpaired) electrons. The number of aliphatic imine (C=N–C) groups is 1. The summed E-state index contributed by atoms with van der Waals surface area (Å²) >= 11 is 0. The molecule has 2 rings (SSSR count). The summed E-state index contributed by atoms with van der Waals surface area (Å²) in [5.74, 6) is 1.27. The molecule has 164 valence electrons. The molecule has 0 amide bonds. The summed E-state index contributed by atoms with van der Waals surface area (Å²) in [5, 5.41) is 6.21. The van der Waals surface area contributed by atoms with Crippen molar-refractivity contribution in [3.63, 3.8) is 0 Å². The van der Waals surface area contributed by atoms with E-state index < -0.39 is 15.5 Å². The first-order valence-electron chi connectivity index (χ1n) is 9.35. The SMILES string of the molecule is CCNC(=NCC1CCN(S(=O)(=O)C(F)(F)F)CC1)NCCOc1cccnc1. The number of ether oxygens (including phenoxy) is 1. The number of guanidine groups is 1. The van der Waals surface area contributed by atoms with Gasteiger partial charge in [0.25, 0.3) is 0 Å². The Balaban J connectivity index is 1.77. The van der Waals surface area contributed by atoms with Crippen molar-refractivity contribution in [2.75, 3.05) is 39.3 Å². The molecule has 0 atom stereocenters. The lowest BCUT2D eigenvalue weighted by Crippen LogP contribution is -2.45. The molecule has 1 aliphatic heterocycles. The average Bonchev–Trinajstić information content (AvgIpc) is 2.69. The number of aromatic nitrogens is 1. The molecule has 1 aromatic rings. The lowest BCUT2D eigenvalue weighted by atomic mass is 9.98. The number of hydrogen-bond donors (Lipinski definition) is 2. The number of hydrogen-bond acceptors (Lipinski definition) is 5. The summed E-state index contributed by atoms with van der Waals surface area (Å²) in [6.07, 6.45) is 3.94. The van der Waals surface area contributed by atoms with Crippen LogP contribution in [0.2, 0.25) is 0 Å². The maximum atomic E-state index is 12.6. The van der Waals surface area contributed by atoms with E-state index in [0.717, 1.165) is 0 Å². The Hall–Kier alpha value is -2.08. The quantitative estimate of drug-likeness (QED) is 0.364. The molecular weight excluding hydrogens is 411 g/mol. The zero-order chi connectivity index (χ0) is 21.3. The Bertz CT molecular complexity index is 751. The van der Waals surface area contributed by atoms with E-state index in [1.54, 1.807) is 24.5 Å². The molecule has 2 heterocycles. The molecule has 0 saturated carbocycles. The first kappa shape index (κ1) is 23.2. The van der Waals surface area contributed by atoms with Gasteiger partial charge >= 0.3 is 15.5 Å². The predicted molar refractivity (Wildman–Crippen MR) is 103 cm³/mol. The number of nitrogens with zero attached hydrogens (tertiary/aromatic N) is 3. The highest BCUT2D eigenvalue weighted by Gasteiger charge is 2.50. The molecule has 0 unspecified atom stereocenters. The molecule has 1 aliphatic rings. The zero-order valence-electron chi connectivity index (χ0n) is 16.2. The number of piperidine rings is 1. The van der Waals surface area contributed by atoms with Gasteiger partial charge in [-0.25, -0.2) is 8.42 Å². The van der Waals surface area contributed by atoms with Crippen molar-refractivity contribution in [2.24, 2.45) is 10.9 Å². The van der Waals surface area contributed by atoms with E-state index >= 15 is 0 Å². The van der Waals surface area contributed by atoms with Gasteiger partial charge in [-0.3, -0.25) is 9.98 Å². The van der Waals surface area contributed by atoms with E-state index in [2.05, 4.69) is 20.6 Å². The van der Waals surface area contributed by atoms with Crippen LogP contribution < -0.4 is 15.4 Å². The van der Waals surface area contributed by atoms with Crippen LogP contribution in [-0.4, -0.2) is 68.5 Å². The van der Waals surface area contributed by atoms with Crippen molar-refractivity contribution in [1.29, 1.82) is 0 Å². The Morgan fingerprint density at radius 2 is 2.07 bits per heavy atom. The summed E-state index contributed by atoms with van der Waals surface area (Å²) in [4.78, 5) is 8.41. The Kier molecular flexibility index (Phi) is 8.50. The molecule has 1 aromatic heterocycles. The fourth-order valence-electron chi connectivity index (χ4n) is 2.81. The van der Waals surface area contributed by atoms with Crippen molar-refractivity contribution < 1.29 is 26.3 Å². The normalized spacial score (nSPS) is 17.2. The number of nitrogens with one attached hydrogen (secondary N) is 2. The minimum Gasteiger partial charge on any atom is -0.490 e. The van der Waals surface area contributed by atoms with Crippen LogP contribution >= 0.6 is 0 Å². The largest absolute Gasteiger partial charge is 0.511 e. The van der Waals surface area contributed by atoms with Crippen LogP contribution in [0.25, 0.3) is 0 Å². The van der Waals surface area contributed by atoms with Crippen molar-refractivity contribution in [2.45, 2.75) is 25.3 Å². The third kappa shape index (κ3) is 7.03. The highest BCUT2D eigenvalue weighted by atomic mass is 32.2. The highest BCUT2D eigenvalue weighted by Crippen LogP contribution is 2.30. The molecule has 29 heavy (non-hydrogen) atoms. The second kappa shape index (κ2) is 10.6. The lowest BCUT2D eigenvalue weighted by molar-refractivity contribution is -0.0496. The maximum absolute atomic E-state index is 12.6. The topological polar surface area (TPSA) is 95.9 Å². The average molecular weight is 437 g/mol. The minimum atomic E-state index is -5.25. The number of sulfonamides is 1. The maximum Gasteiger partial charge on any atom is 0.511 e. The second-order valence-corrected chi connectivity index (χ2v) is 8.41. The molecule has 2 N–H and O–H groups in total. The predicted octanol–water partition coefficient (Wildman–Crippen LogP) is 1.58. The Morgan fingerprint density at radius 3 is 2.66 bits per heavy atom. The zero-order valence-corrected chi connectivity index (χ0v) is 17.0. The molecule has 0 spiro atoms. The van der Waals surface area contributed by atoms with Crippen molar-refractivity contribution >= 4 is 16.0 Å². The fraction of sp³-hybridized carbons (Fsp3) is 0.647. The number of halogens is 3. The summed E-state index contributed by atoms with van der Waals surface area (Å²) in [6.45, 7) is 3.59. The van der Waals surface area contributed by atoms with Gasteiger partial charge in [-0.05, 0) is 37.8 Å².